The van der Waals surface area contributed by atoms with E-state index in [1.165, 1.54) is 12.8 Å². The highest BCUT2D eigenvalue weighted by Gasteiger charge is 2.42. The van der Waals surface area contributed by atoms with E-state index in [0.29, 0.717) is 53.6 Å². The molecular weight excluding hydrogens is 799 g/mol. The molecule has 3 aliphatic heterocycles. The first-order valence-corrected chi connectivity index (χ1v) is 22.9. The number of rotatable bonds is 14. The number of nitrogens with zero attached hydrogens (tertiary/aromatic N) is 5. The summed E-state index contributed by atoms with van der Waals surface area (Å²) >= 11 is 0. The van der Waals surface area contributed by atoms with E-state index in [4.69, 9.17) is 9.72 Å². The summed E-state index contributed by atoms with van der Waals surface area (Å²) < 4.78 is 5.73. The number of hydrogen-bond acceptors (Lipinski definition) is 12. The fourth-order valence-electron chi connectivity index (χ4n) is 10.0. The fourth-order valence-corrected chi connectivity index (χ4v) is 10.0. The molecule has 5 N–H and O–H groups in total. The largest absolute Gasteiger partial charge is 0.495 e. The zero-order valence-electron chi connectivity index (χ0n) is 36.8. The molecule has 2 unspecified atom stereocenters. The average molecular weight is 860 g/mol. The van der Waals surface area contributed by atoms with E-state index >= 15 is 0 Å². The number of likely N-dealkylation sites (N-methyl/N-ethyl adjacent to an activating group) is 1. The normalized spacial score (nSPS) is 23.5. The number of aliphatic hydroxyl groups excluding tert-OH is 1. The Morgan fingerprint density at radius 1 is 0.984 bits per heavy atom. The van der Waals surface area contributed by atoms with Crippen molar-refractivity contribution in [2.45, 2.75) is 146 Å². The summed E-state index contributed by atoms with van der Waals surface area (Å²) in [5.41, 5.74) is 4.32. The van der Waals surface area contributed by atoms with Crippen LogP contribution in [0.25, 0.3) is 0 Å². The molecule has 0 spiro atoms. The summed E-state index contributed by atoms with van der Waals surface area (Å²) in [6.07, 6.45) is 14.8. The summed E-state index contributed by atoms with van der Waals surface area (Å²) in [5, 5.41) is 23.8. The molecule has 0 radical (unpaired) electrons. The Balaban J connectivity index is 0.746. The standard InChI is InChI=1S/C48H61N9O6/c1-4-38-47(62)55(2)40-28-50-48(54-43(40)57(38)35-13-9-10-14-35)52-37-22-16-31(27-41(37)63-3)44(59)51-34-19-17-33(18-20-34)49-25-11-7-5-6-8-12-30-15-21-36-32(26-30)29-56(46(36)61)39-23-24-42(58)53-45(39)60/h15-16,21-22,26-28,33-35,38-39,47,49,62H,4-7,9-11,13-14,17-20,23-25,29H2,1-3H3,(H,51,59)(H,50,52,54)(H,53,58,60)/t33-,34+,38-,39?,47?/m1/s1. The number of nitrogens with one attached hydrogen (secondary N) is 4. The van der Waals surface area contributed by atoms with Crippen molar-refractivity contribution in [1.82, 2.24) is 30.8 Å². The molecule has 63 heavy (non-hydrogen) atoms. The lowest BCUT2D eigenvalue weighted by atomic mass is 9.91. The second-order valence-corrected chi connectivity index (χ2v) is 17.6. The molecule has 3 fully saturated rings. The molecule has 15 heteroatoms. The van der Waals surface area contributed by atoms with Crippen LogP contribution in [0.5, 0.6) is 5.75 Å². The van der Waals surface area contributed by atoms with E-state index in [0.717, 1.165) is 99.8 Å². The summed E-state index contributed by atoms with van der Waals surface area (Å²) in [7, 11) is 3.48. The van der Waals surface area contributed by atoms with Crippen LogP contribution in [0.4, 0.5) is 23.1 Å². The van der Waals surface area contributed by atoms with Gasteiger partial charge in [-0.3, -0.25) is 24.5 Å². The van der Waals surface area contributed by atoms with Crippen LogP contribution >= 0.6 is 0 Å². The Hall–Kier alpha value is -5.72. The number of carbonyl (C=O) groups is 4. The number of amides is 4. The highest BCUT2D eigenvalue weighted by Crippen LogP contribution is 2.42. The van der Waals surface area contributed by atoms with Gasteiger partial charge in [0.05, 0.1) is 25.0 Å². The van der Waals surface area contributed by atoms with Gasteiger partial charge in [-0.25, -0.2) is 4.98 Å². The number of ether oxygens (including phenoxy) is 1. The molecule has 3 atom stereocenters. The van der Waals surface area contributed by atoms with Gasteiger partial charge < -0.3 is 40.5 Å². The quantitative estimate of drug-likeness (QED) is 0.0779. The fraction of sp³-hybridized carbons (Fsp3) is 0.542. The molecule has 2 aromatic carbocycles. The molecule has 4 amide bonds. The van der Waals surface area contributed by atoms with Crippen LogP contribution in [0.3, 0.4) is 0 Å². The van der Waals surface area contributed by atoms with Crippen LogP contribution < -0.4 is 35.8 Å². The summed E-state index contributed by atoms with van der Waals surface area (Å²) in [5.74, 6) is 7.30. The maximum Gasteiger partial charge on any atom is 0.255 e. The van der Waals surface area contributed by atoms with Gasteiger partial charge in [0, 0.05) is 61.2 Å². The number of benzene rings is 2. The highest BCUT2D eigenvalue weighted by atomic mass is 16.5. The molecule has 8 rings (SSSR count). The van der Waals surface area contributed by atoms with Gasteiger partial charge in [0.1, 0.15) is 23.7 Å². The molecule has 1 saturated heterocycles. The van der Waals surface area contributed by atoms with Gasteiger partial charge in [-0.2, -0.15) is 4.98 Å². The smallest absolute Gasteiger partial charge is 0.255 e. The van der Waals surface area contributed by atoms with Crippen molar-refractivity contribution < 1.29 is 29.0 Å². The maximum absolute atomic E-state index is 13.4. The van der Waals surface area contributed by atoms with Crippen molar-refractivity contribution in [2.75, 3.05) is 35.8 Å². The van der Waals surface area contributed by atoms with Crippen molar-refractivity contribution >= 4 is 46.8 Å². The van der Waals surface area contributed by atoms with Crippen molar-refractivity contribution in [3.8, 4) is 17.6 Å². The monoisotopic (exact) mass is 859 g/mol. The minimum Gasteiger partial charge on any atom is -0.495 e. The second kappa shape index (κ2) is 19.8. The first-order valence-electron chi connectivity index (χ1n) is 22.9. The van der Waals surface area contributed by atoms with Crippen LogP contribution in [0, 0.1) is 11.8 Å². The Kier molecular flexibility index (Phi) is 13.8. The van der Waals surface area contributed by atoms with E-state index < -0.39 is 18.2 Å². The van der Waals surface area contributed by atoms with Crippen LogP contribution in [0.2, 0.25) is 0 Å². The van der Waals surface area contributed by atoms with Gasteiger partial charge in [0.15, 0.2) is 5.82 Å². The number of piperidine rings is 1. The zero-order chi connectivity index (χ0) is 44.0. The number of hydrogen-bond donors (Lipinski definition) is 5. The molecule has 5 aliphatic rings. The summed E-state index contributed by atoms with van der Waals surface area (Å²) in [6.45, 7) is 3.41. The molecule has 4 heterocycles. The minimum absolute atomic E-state index is 0.0622. The number of carbonyl (C=O) groups excluding carboxylic acids is 4. The van der Waals surface area contributed by atoms with Crippen LogP contribution in [0.15, 0.2) is 42.6 Å². The molecule has 334 valence electrons. The van der Waals surface area contributed by atoms with E-state index in [2.05, 4.69) is 49.9 Å². The lowest BCUT2D eigenvalue weighted by Gasteiger charge is -2.48. The van der Waals surface area contributed by atoms with Gasteiger partial charge in [-0.05, 0) is 113 Å². The summed E-state index contributed by atoms with van der Waals surface area (Å²) in [4.78, 5) is 65.6. The number of imide groups is 1. The Morgan fingerprint density at radius 3 is 2.54 bits per heavy atom. The molecule has 15 nitrogen and oxygen atoms in total. The second-order valence-electron chi connectivity index (χ2n) is 17.6. The minimum atomic E-state index is -0.636. The van der Waals surface area contributed by atoms with Gasteiger partial charge in [0.25, 0.3) is 11.8 Å². The lowest BCUT2D eigenvalue weighted by molar-refractivity contribution is -0.136. The van der Waals surface area contributed by atoms with Gasteiger partial charge in [-0.1, -0.05) is 38.0 Å². The van der Waals surface area contributed by atoms with Crippen molar-refractivity contribution in [3.63, 3.8) is 0 Å². The molecular formula is C48H61N9O6. The molecule has 3 aromatic rings. The highest BCUT2D eigenvalue weighted by molar-refractivity contribution is 6.05. The molecule has 1 aromatic heterocycles. The number of fused-ring (bicyclic) bond motifs is 2. The maximum atomic E-state index is 13.4. The van der Waals surface area contributed by atoms with Crippen LogP contribution in [0.1, 0.15) is 135 Å². The molecule has 2 aliphatic carbocycles. The van der Waals surface area contributed by atoms with Gasteiger partial charge >= 0.3 is 0 Å². The topological polar surface area (TPSA) is 181 Å². The Bertz CT molecular complexity index is 2240. The van der Waals surface area contributed by atoms with Crippen molar-refractivity contribution in [1.29, 1.82) is 0 Å². The number of aliphatic hydroxyl groups is 1. The van der Waals surface area contributed by atoms with Gasteiger partial charge in [-0.15, -0.1) is 0 Å². The van der Waals surface area contributed by atoms with Gasteiger partial charge in [0.2, 0.25) is 17.8 Å². The van der Waals surface area contributed by atoms with Crippen LogP contribution in [-0.4, -0.2) is 101 Å². The predicted molar refractivity (Wildman–Crippen MR) is 241 cm³/mol. The molecule has 0 bridgehead atoms. The van der Waals surface area contributed by atoms with E-state index in [1.54, 1.807) is 36.4 Å². The third-order valence-electron chi connectivity index (χ3n) is 13.5. The zero-order valence-corrected chi connectivity index (χ0v) is 36.8. The lowest BCUT2D eigenvalue weighted by Crippen LogP contribution is -2.58. The molecule has 2 saturated carbocycles. The van der Waals surface area contributed by atoms with Crippen molar-refractivity contribution in [3.05, 3.63) is 64.8 Å². The first-order chi connectivity index (χ1) is 30.6. The third kappa shape index (κ3) is 9.77. The van der Waals surface area contributed by atoms with Crippen molar-refractivity contribution in [2.24, 2.45) is 0 Å². The van der Waals surface area contributed by atoms with Crippen LogP contribution in [-0.2, 0) is 16.1 Å². The van der Waals surface area contributed by atoms with E-state index in [9.17, 15) is 24.3 Å². The Morgan fingerprint density at radius 2 is 1.78 bits per heavy atom. The van der Waals surface area contributed by atoms with E-state index in [1.807, 2.05) is 30.1 Å². The summed E-state index contributed by atoms with van der Waals surface area (Å²) in [6, 6.07) is 11.2. The number of unbranched alkanes of at least 4 members (excludes halogenated alkanes) is 3. The average Bonchev–Trinajstić information content (AvgIpc) is 3.94. The predicted octanol–water partition coefficient (Wildman–Crippen LogP) is 5.53. The SMILES string of the molecule is CC[C@@H]1C(O)N(C)c2cnc(Nc3ccc(C(=O)N[C@H]4CC[C@@H](NCCCCCC#Cc5ccc6c(c5)CN(C5CCC(=O)NC5=O)C6=O)CC4)cc3OC)nc2N1C1CCCC1. The number of anilines is 4. The van der Waals surface area contributed by atoms with E-state index in [-0.39, 0.29) is 36.2 Å². The third-order valence-corrected chi connectivity index (χ3v) is 13.5. The number of methoxy groups -OCH3 is 1. The first kappa shape index (κ1) is 43.9. The number of aromatic nitrogens is 2. The Labute approximate surface area is 370 Å².